The van der Waals surface area contributed by atoms with E-state index in [9.17, 15) is 0 Å². The summed E-state index contributed by atoms with van der Waals surface area (Å²) in [4.78, 5) is 9.43. The topological polar surface area (TPSA) is 42.9 Å². The molecular weight excluding hydrogens is 437 g/mol. The number of benzene rings is 1. The van der Waals surface area contributed by atoms with Gasteiger partial charge in [-0.3, -0.25) is 9.89 Å². The molecule has 0 aliphatic carbocycles. The normalized spacial score (nSPS) is 22.8. The molecule has 2 aliphatic heterocycles. The summed E-state index contributed by atoms with van der Waals surface area (Å²) in [5.74, 6) is 1.65. The van der Waals surface area contributed by atoms with Crippen LogP contribution in [-0.2, 0) is 0 Å². The molecule has 2 N–H and O–H groups in total. The van der Waals surface area contributed by atoms with Crippen molar-refractivity contribution < 1.29 is 0 Å². The van der Waals surface area contributed by atoms with Gasteiger partial charge in [0.1, 0.15) is 0 Å². The zero-order valence-electron chi connectivity index (χ0n) is 16.2. The zero-order valence-corrected chi connectivity index (χ0v) is 18.5. The lowest BCUT2D eigenvalue weighted by Gasteiger charge is -2.29. The fraction of sp³-hybridized carbons (Fsp3) is 0.650. The predicted octanol–water partition coefficient (Wildman–Crippen LogP) is 2.56. The first-order valence-electron chi connectivity index (χ1n) is 9.68. The van der Waals surface area contributed by atoms with E-state index in [0.29, 0.717) is 6.04 Å². The first-order valence-corrected chi connectivity index (χ1v) is 9.68. The molecular formula is C20H34IN5. The van der Waals surface area contributed by atoms with E-state index < -0.39 is 0 Å². The van der Waals surface area contributed by atoms with E-state index in [-0.39, 0.29) is 24.0 Å². The second-order valence-corrected chi connectivity index (χ2v) is 7.42. The summed E-state index contributed by atoms with van der Waals surface area (Å²) in [5, 5.41) is 7.09. The maximum absolute atomic E-state index is 4.42. The van der Waals surface area contributed by atoms with Crippen molar-refractivity contribution in [3.8, 4) is 0 Å². The number of hydrogen-bond donors (Lipinski definition) is 2. The van der Waals surface area contributed by atoms with Gasteiger partial charge >= 0.3 is 0 Å². The first kappa shape index (κ1) is 21.4. The van der Waals surface area contributed by atoms with Gasteiger partial charge in [-0.25, -0.2) is 0 Å². The molecule has 5 nitrogen and oxygen atoms in total. The van der Waals surface area contributed by atoms with Crippen LogP contribution in [0.3, 0.4) is 0 Å². The smallest absolute Gasteiger partial charge is 0.191 e. The Labute approximate surface area is 175 Å². The molecule has 2 aliphatic rings. The molecule has 0 aromatic heterocycles. The van der Waals surface area contributed by atoms with Crippen molar-refractivity contribution in [3.63, 3.8) is 0 Å². The van der Waals surface area contributed by atoms with Gasteiger partial charge in [0.05, 0.1) is 6.04 Å². The zero-order chi connectivity index (χ0) is 17.5. The summed E-state index contributed by atoms with van der Waals surface area (Å²) < 4.78 is 0. The molecule has 0 amide bonds. The number of nitrogens with zero attached hydrogens (tertiary/aromatic N) is 3. The van der Waals surface area contributed by atoms with E-state index in [1.165, 1.54) is 51.0 Å². The van der Waals surface area contributed by atoms with Gasteiger partial charge in [-0.2, -0.15) is 0 Å². The summed E-state index contributed by atoms with van der Waals surface area (Å²) >= 11 is 0. The van der Waals surface area contributed by atoms with Crippen molar-refractivity contribution in [2.75, 3.05) is 53.4 Å². The highest BCUT2D eigenvalue weighted by atomic mass is 127. The standard InChI is InChI=1S/C20H33N5.HI/c1-21-20(22-14-17-10-13-24(2)16-17)23-15-19(25-11-6-7-12-25)18-8-4-3-5-9-18;/h3-5,8-9,17,19H,6-7,10-16H2,1-2H3,(H2,21,22,23);1H. The molecule has 2 fully saturated rings. The summed E-state index contributed by atoms with van der Waals surface area (Å²) in [5.41, 5.74) is 1.39. The second kappa shape index (κ2) is 11.1. The van der Waals surface area contributed by atoms with Gasteiger partial charge in [-0.15, -0.1) is 24.0 Å². The molecule has 2 unspecified atom stereocenters. The van der Waals surface area contributed by atoms with Crippen LogP contribution >= 0.6 is 24.0 Å². The highest BCUT2D eigenvalue weighted by molar-refractivity contribution is 14.0. The number of rotatable bonds is 6. The Morgan fingerprint density at radius 1 is 1.15 bits per heavy atom. The second-order valence-electron chi connectivity index (χ2n) is 7.42. The average Bonchev–Trinajstić information content (AvgIpc) is 3.31. The van der Waals surface area contributed by atoms with E-state index in [1.54, 1.807) is 0 Å². The molecule has 26 heavy (non-hydrogen) atoms. The molecule has 2 saturated heterocycles. The van der Waals surface area contributed by atoms with Crippen molar-refractivity contribution in [2.45, 2.75) is 25.3 Å². The average molecular weight is 471 g/mol. The van der Waals surface area contributed by atoms with Crippen LogP contribution < -0.4 is 10.6 Å². The van der Waals surface area contributed by atoms with Crippen LogP contribution in [0, 0.1) is 5.92 Å². The third kappa shape index (κ3) is 6.09. The molecule has 1 aromatic carbocycles. The lowest BCUT2D eigenvalue weighted by Crippen LogP contribution is -2.44. The predicted molar refractivity (Wildman–Crippen MR) is 120 cm³/mol. The van der Waals surface area contributed by atoms with E-state index in [2.05, 4.69) is 62.8 Å². The van der Waals surface area contributed by atoms with Crippen LogP contribution in [0.4, 0.5) is 0 Å². The number of likely N-dealkylation sites (tertiary alicyclic amines) is 2. The molecule has 1 aromatic rings. The molecule has 3 rings (SSSR count). The quantitative estimate of drug-likeness (QED) is 0.380. The van der Waals surface area contributed by atoms with Gasteiger partial charge in [-0.1, -0.05) is 30.3 Å². The van der Waals surface area contributed by atoms with Gasteiger partial charge in [0, 0.05) is 26.7 Å². The summed E-state index contributed by atoms with van der Waals surface area (Å²) in [7, 11) is 4.07. The summed E-state index contributed by atoms with van der Waals surface area (Å²) in [6.07, 6.45) is 3.90. The molecule has 0 bridgehead atoms. The highest BCUT2D eigenvalue weighted by Crippen LogP contribution is 2.24. The lowest BCUT2D eigenvalue weighted by atomic mass is 10.1. The van der Waals surface area contributed by atoms with Crippen molar-refractivity contribution in [1.29, 1.82) is 0 Å². The Balaban J connectivity index is 0.00000243. The van der Waals surface area contributed by atoms with E-state index in [0.717, 1.165) is 25.0 Å². The van der Waals surface area contributed by atoms with Gasteiger partial charge in [-0.05, 0) is 57.4 Å². The minimum Gasteiger partial charge on any atom is -0.356 e. The minimum absolute atomic E-state index is 0. The Morgan fingerprint density at radius 2 is 1.88 bits per heavy atom. The number of hydrogen-bond acceptors (Lipinski definition) is 3. The molecule has 0 radical (unpaired) electrons. The van der Waals surface area contributed by atoms with Crippen LogP contribution in [-0.4, -0.2) is 69.1 Å². The summed E-state index contributed by atoms with van der Waals surface area (Å²) in [6, 6.07) is 11.3. The largest absolute Gasteiger partial charge is 0.356 e. The van der Waals surface area contributed by atoms with Crippen molar-refractivity contribution >= 4 is 29.9 Å². The fourth-order valence-corrected chi connectivity index (χ4v) is 4.03. The van der Waals surface area contributed by atoms with E-state index in [1.807, 2.05) is 7.05 Å². The molecule has 0 saturated carbocycles. The Morgan fingerprint density at radius 3 is 2.50 bits per heavy atom. The van der Waals surface area contributed by atoms with Crippen LogP contribution in [0.1, 0.15) is 30.9 Å². The van der Waals surface area contributed by atoms with Crippen molar-refractivity contribution in [3.05, 3.63) is 35.9 Å². The number of nitrogens with one attached hydrogen (secondary N) is 2. The lowest BCUT2D eigenvalue weighted by molar-refractivity contribution is 0.245. The third-order valence-electron chi connectivity index (χ3n) is 5.50. The molecule has 2 atom stereocenters. The minimum atomic E-state index is 0. The summed E-state index contributed by atoms with van der Waals surface area (Å²) in [6.45, 7) is 6.69. The highest BCUT2D eigenvalue weighted by Gasteiger charge is 2.24. The van der Waals surface area contributed by atoms with Gasteiger partial charge in [0.25, 0.3) is 0 Å². The van der Waals surface area contributed by atoms with Gasteiger partial charge in [0.2, 0.25) is 0 Å². The molecule has 6 heteroatoms. The maximum atomic E-state index is 4.42. The number of guanidine groups is 1. The Hall–Kier alpha value is -0.860. The number of halogens is 1. The van der Waals surface area contributed by atoms with Crippen LogP contribution in [0.2, 0.25) is 0 Å². The molecule has 2 heterocycles. The van der Waals surface area contributed by atoms with Crippen molar-refractivity contribution in [2.24, 2.45) is 10.9 Å². The SMILES string of the molecule is CN=C(NCC1CCN(C)C1)NCC(c1ccccc1)N1CCCC1.I. The monoisotopic (exact) mass is 471 g/mol. The molecule has 146 valence electrons. The number of aliphatic imine (C=N–C) groups is 1. The fourth-order valence-electron chi connectivity index (χ4n) is 4.03. The van der Waals surface area contributed by atoms with E-state index in [4.69, 9.17) is 0 Å². The van der Waals surface area contributed by atoms with Crippen LogP contribution in [0.5, 0.6) is 0 Å². The Kier molecular flexibility index (Phi) is 9.15. The van der Waals surface area contributed by atoms with Gasteiger partial charge in [0.15, 0.2) is 5.96 Å². The maximum Gasteiger partial charge on any atom is 0.191 e. The van der Waals surface area contributed by atoms with Gasteiger partial charge < -0.3 is 15.5 Å². The third-order valence-corrected chi connectivity index (χ3v) is 5.50. The van der Waals surface area contributed by atoms with Crippen molar-refractivity contribution in [1.82, 2.24) is 20.4 Å². The Bertz CT molecular complexity index is 544. The molecule has 0 spiro atoms. The van der Waals surface area contributed by atoms with Crippen LogP contribution in [0.15, 0.2) is 35.3 Å². The van der Waals surface area contributed by atoms with E-state index >= 15 is 0 Å². The first-order chi connectivity index (χ1) is 12.3. The van der Waals surface area contributed by atoms with Crippen LogP contribution in [0.25, 0.3) is 0 Å².